The number of aromatic nitrogens is 2. The average molecular weight is 822 g/mol. The predicted octanol–water partition coefficient (Wildman–Crippen LogP) is 6.43. The minimum absolute atomic E-state index is 0.0121. The molecule has 306 valence electrons. The molecular weight excluding hydrogens is 770 g/mol. The van der Waals surface area contributed by atoms with Crippen molar-refractivity contribution in [3.8, 4) is 29.0 Å². The lowest BCUT2D eigenvalue weighted by molar-refractivity contribution is -0.142. The number of fused-ring (bicyclic) bond motifs is 1. The molecule has 3 aromatic rings. The van der Waals surface area contributed by atoms with Crippen LogP contribution in [0.1, 0.15) is 73.1 Å². The lowest BCUT2D eigenvalue weighted by Crippen LogP contribution is -2.58. The molecule has 1 aliphatic heterocycles. The van der Waals surface area contributed by atoms with Crippen molar-refractivity contribution >= 4 is 52.6 Å². The lowest BCUT2D eigenvalue weighted by Gasteiger charge is -2.35. The molecule has 0 spiro atoms. The highest BCUT2D eigenvalue weighted by Gasteiger charge is 2.66. The van der Waals surface area contributed by atoms with E-state index in [9.17, 15) is 29.1 Å². The number of ether oxygens (including phenoxy) is 3. The van der Waals surface area contributed by atoms with E-state index in [1.807, 2.05) is 46.1 Å². The zero-order valence-corrected chi connectivity index (χ0v) is 35.0. The van der Waals surface area contributed by atoms with Crippen molar-refractivity contribution in [2.45, 2.75) is 109 Å². The fraction of sp³-hybridized carbons (Fsp3) is 0.550. The molecule has 1 saturated heterocycles. The Morgan fingerprint density at radius 1 is 1.18 bits per heavy atom. The number of anilines is 1. The molecule has 3 aliphatic rings. The fourth-order valence-corrected chi connectivity index (χ4v) is 10.4. The highest BCUT2D eigenvalue weighted by Crippen LogP contribution is 2.69. The Bertz CT molecular complexity index is 2110. The van der Waals surface area contributed by atoms with Gasteiger partial charge in [0, 0.05) is 41.3 Å². The number of hydrogen-bond acceptors (Lipinski definition) is 12. The summed E-state index contributed by atoms with van der Waals surface area (Å²) in [4.78, 5) is 64.3. The maximum Gasteiger partial charge on any atom is 0.408 e. The Hall–Kier alpha value is -4.71. The summed E-state index contributed by atoms with van der Waals surface area (Å²) in [5, 5.41) is 20.0. The number of alkyl carbamates (subject to hydrolysis) is 1. The smallest absolute Gasteiger partial charge is 0.408 e. The van der Waals surface area contributed by atoms with E-state index in [1.165, 1.54) is 22.3 Å². The van der Waals surface area contributed by atoms with Gasteiger partial charge in [0.1, 0.15) is 52.9 Å². The van der Waals surface area contributed by atoms with Crippen molar-refractivity contribution in [1.82, 2.24) is 25.5 Å². The molecule has 4 N–H and O–H groups in total. The van der Waals surface area contributed by atoms with Crippen LogP contribution in [-0.4, -0.2) is 93.1 Å². The van der Waals surface area contributed by atoms with Crippen LogP contribution in [0.3, 0.4) is 0 Å². The highest BCUT2D eigenvalue weighted by molar-refractivity contribution is 7.60. The number of pyridine rings is 1. The van der Waals surface area contributed by atoms with Crippen molar-refractivity contribution < 1.29 is 38.1 Å². The Balaban J connectivity index is 1.35. The largest absolute Gasteiger partial charge is 0.497 e. The number of nitriles is 1. The topological polar surface area (TPSA) is 205 Å². The summed E-state index contributed by atoms with van der Waals surface area (Å²) in [6, 6.07) is 6.86. The third-order valence-electron chi connectivity index (χ3n) is 10.8. The molecule has 1 aromatic carbocycles. The Labute approximate surface area is 337 Å². The van der Waals surface area contributed by atoms with Crippen LogP contribution in [0, 0.1) is 22.7 Å². The van der Waals surface area contributed by atoms with Gasteiger partial charge in [-0.15, -0.1) is 17.9 Å². The Morgan fingerprint density at radius 3 is 2.54 bits per heavy atom. The van der Waals surface area contributed by atoms with E-state index >= 15 is 0 Å². The number of rotatable bonds is 14. The van der Waals surface area contributed by atoms with E-state index in [2.05, 4.69) is 22.5 Å². The fourth-order valence-electron chi connectivity index (χ4n) is 7.64. The van der Waals surface area contributed by atoms with Crippen LogP contribution in [-0.2, 0) is 18.9 Å². The van der Waals surface area contributed by atoms with Crippen LogP contribution in [0.4, 0.5) is 9.93 Å². The van der Waals surface area contributed by atoms with Gasteiger partial charge in [-0.3, -0.25) is 14.2 Å². The summed E-state index contributed by atoms with van der Waals surface area (Å²) in [5.41, 5.74) is 0.934. The van der Waals surface area contributed by atoms with E-state index in [0.717, 1.165) is 30.8 Å². The number of methoxy groups -OCH3 is 1. The number of hydrogen-bond donors (Lipinski definition) is 4. The van der Waals surface area contributed by atoms with Gasteiger partial charge in [0.15, 0.2) is 5.13 Å². The molecule has 2 aromatic heterocycles. The normalized spacial score (nSPS) is 23.6. The van der Waals surface area contributed by atoms with Crippen molar-refractivity contribution in [3.63, 3.8) is 0 Å². The third kappa shape index (κ3) is 9.06. The molecule has 0 bridgehead atoms. The molecule has 57 heavy (non-hydrogen) atoms. The maximum absolute atomic E-state index is 14.7. The summed E-state index contributed by atoms with van der Waals surface area (Å²) in [5.74, 6) is -0.732. The van der Waals surface area contributed by atoms with Gasteiger partial charge in [-0.1, -0.05) is 26.8 Å². The molecule has 0 radical (unpaired) electrons. The second-order valence-corrected chi connectivity index (χ2v) is 19.8. The van der Waals surface area contributed by atoms with Crippen LogP contribution >= 0.6 is 18.7 Å². The lowest BCUT2D eigenvalue weighted by atomic mass is 9.85. The molecular formula is C40H52N7O8PS. The molecule has 2 saturated carbocycles. The second kappa shape index (κ2) is 16.6. The van der Waals surface area contributed by atoms with Gasteiger partial charge in [0.25, 0.3) is 0 Å². The number of likely N-dealkylation sites (tertiary alicyclic amines) is 1. The summed E-state index contributed by atoms with van der Waals surface area (Å²) in [6.45, 7) is 13.2. The first-order valence-electron chi connectivity index (χ1n) is 19.3. The highest BCUT2D eigenvalue weighted by atomic mass is 32.1. The van der Waals surface area contributed by atoms with Gasteiger partial charge >= 0.3 is 6.09 Å². The number of benzene rings is 1. The van der Waals surface area contributed by atoms with Crippen LogP contribution in [0.15, 0.2) is 42.3 Å². The van der Waals surface area contributed by atoms with Gasteiger partial charge in [-0.2, -0.15) is 5.26 Å². The zero-order valence-electron chi connectivity index (χ0n) is 33.2. The van der Waals surface area contributed by atoms with Gasteiger partial charge in [-0.25, -0.2) is 14.8 Å². The predicted molar refractivity (Wildman–Crippen MR) is 217 cm³/mol. The van der Waals surface area contributed by atoms with Crippen molar-refractivity contribution in [3.05, 3.63) is 42.3 Å². The minimum atomic E-state index is -4.22. The van der Waals surface area contributed by atoms with Crippen molar-refractivity contribution in [2.75, 3.05) is 25.1 Å². The second-order valence-electron chi connectivity index (χ2n) is 16.4. The number of nitrogens with zero attached hydrogens (tertiary/aromatic N) is 4. The molecule has 15 nitrogen and oxygen atoms in total. The monoisotopic (exact) mass is 821 g/mol. The number of nitrogens with one attached hydrogen (secondary N) is 3. The molecule has 2 unspecified atom stereocenters. The molecule has 2 aliphatic carbocycles. The van der Waals surface area contributed by atoms with Gasteiger partial charge in [-0.05, 0) is 63.5 Å². The summed E-state index contributed by atoms with van der Waals surface area (Å²) >= 11 is 1.45. The summed E-state index contributed by atoms with van der Waals surface area (Å²) in [6.07, 6.45) is 2.68. The summed E-state index contributed by atoms with van der Waals surface area (Å²) in [7, 11) is -2.65. The van der Waals surface area contributed by atoms with E-state index in [4.69, 9.17) is 24.2 Å². The third-order valence-corrected chi connectivity index (χ3v) is 14.0. The zero-order chi connectivity index (χ0) is 41.3. The van der Waals surface area contributed by atoms with Crippen LogP contribution in [0.5, 0.6) is 11.5 Å². The van der Waals surface area contributed by atoms with Crippen LogP contribution < -0.4 is 25.4 Å². The van der Waals surface area contributed by atoms with E-state index < -0.39 is 66.2 Å². The number of amides is 3. The first-order chi connectivity index (χ1) is 27.0. The Kier molecular flexibility index (Phi) is 12.2. The SMILES string of the molecule is C=C[C@@H]1C[C@]1(NC(=O)[C@@H]1CC(Oc2cc(-c3csc(NC(C)C)n3)nc3cc(OC)ccc23)CN1C(=O)[C@@H](NC(=O)OC1CCCC1)C(C)(C)C)P(=O)(O)CC#N. The van der Waals surface area contributed by atoms with Gasteiger partial charge in [0.2, 0.25) is 19.2 Å². The van der Waals surface area contributed by atoms with Gasteiger partial charge < -0.3 is 40.0 Å². The molecule has 6 atom stereocenters. The average Bonchev–Trinajstić information content (AvgIpc) is 3.55. The van der Waals surface area contributed by atoms with Crippen LogP contribution in [0.2, 0.25) is 0 Å². The van der Waals surface area contributed by atoms with E-state index in [1.54, 1.807) is 31.4 Å². The molecule has 3 fully saturated rings. The first kappa shape index (κ1) is 41.9. The van der Waals surface area contributed by atoms with E-state index in [0.29, 0.717) is 33.8 Å². The summed E-state index contributed by atoms with van der Waals surface area (Å²) < 4.78 is 31.4. The van der Waals surface area contributed by atoms with E-state index in [-0.39, 0.29) is 31.5 Å². The number of carbonyl (C=O) groups is 3. The standard InChI is InChI=1S/C40H52N7O8PS/c1-8-24-20-40(24,56(51,52)16-15-41)46-35(48)32-18-27(21-47(32)36(49)34(39(4,5)6)45-38(50)55-25-11-9-10-12-25)54-33-19-30(31-22-57-37(44-31)42-23(2)3)43-29-17-26(53-7)13-14-28(29)33/h8,13-14,17,19,22-25,27,32,34H,1,9-12,16,18,20-21H2,2-7H3,(H,42,44)(H,45,50)(H,46,48)(H,51,52)/t24-,27?,32+,34-,40+/m1/s1. The number of carbonyl (C=O) groups excluding carboxylic acids is 3. The minimum Gasteiger partial charge on any atom is -0.497 e. The Morgan fingerprint density at radius 2 is 1.91 bits per heavy atom. The quantitative estimate of drug-likeness (QED) is 0.103. The van der Waals surface area contributed by atoms with Gasteiger partial charge in [0.05, 0.1) is 30.9 Å². The first-order valence-corrected chi connectivity index (χ1v) is 22.0. The molecule has 17 heteroatoms. The van der Waals surface area contributed by atoms with Crippen molar-refractivity contribution in [1.29, 1.82) is 5.26 Å². The maximum atomic E-state index is 14.7. The number of thiazole rings is 1. The molecule has 6 rings (SSSR count). The molecule has 3 heterocycles. The van der Waals surface area contributed by atoms with Crippen molar-refractivity contribution in [2.24, 2.45) is 11.3 Å². The van der Waals surface area contributed by atoms with Crippen LogP contribution in [0.25, 0.3) is 22.3 Å². The molecule has 3 amide bonds.